The number of rotatable bonds is 6. The van der Waals surface area contributed by atoms with E-state index in [9.17, 15) is 9.59 Å². The van der Waals surface area contributed by atoms with E-state index in [2.05, 4.69) is 15.0 Å². The first-order chi connectivity index (χ1) is 10.1. The molecule has 0 aliphatic heterocycles. The molecule has 0 saturated heterocycles. The van der Waals surface area contributed by atoms with Crippen LogP contribution in [0.25, 0.3) is 0 Å². The Morgan fingerprint density at radius 2 is 2.00 bits per heavy atom. The number of hydrogen-bond donors (Lipinski definition) is 1. The standard InChI is InChI=1S/C14H15N3O4/c1-21-14(20)11-4-2-10(3-5-11)8-12-9-17(16-15-12)7-6-13(18)19/h2-5,9H,6-8H2,1H3,(H,18,19). The normalized spacial score (nSPS) is 10.3. The van der Waals surface area contributed by atoms with Crippen molar-refractivity contribution in [2.75, 3.05) is 7.11 Å². The number of carbonyl (C=O) groups excluding carboxylic acids is 1. The molecule has 1 aromatic carbocycles. The van der Waals surface area contributed by atoms with Gasteiger partial charge in [-0.3, -0.25) is 9.48 Å². The smallest absolute Gasteiger partial charge is 0.337 e. The summed E-state index contributed by atoms with van der Waals surface area (Å²) < 4.78 is 6.14. The lowest BCUT2D eigenvalue weighted by molar-refractivity contribution is -0.137. The number of ether oxygens (including phenoxy) is 1. The molecule has 0 atom stereocenters. The molecule has 0 radical (unpaired) electrons. The van der Waals surface area contributed by atoms with Gasteiger partial charge >= 0.3 is 11.9 Å². The van der Waals surface area contributed by atoms with Gasteiger partial charge in [-0.05, 0) is 17.7 Å². The number of hydrogen-bond acceptors (Lipinski definition) is 5. The number of aromatic nitrogens is 3. The molecule has 0 unspecified atom stereocenters. The van der Waals surface area contributed by atoms with Gasteiger partial charge in [0.1, 0.15) is 0 Å². The van der Waals surface area contributed by atoms with Gasteiger partial charge in [-0.25, -0.2) is 4.79 Å². The van der Waals surface area contributed by atoms with Crippen LogP contribution in [0.2, 0.25) is 0 Å². The summed E-state index contributed by atoms with van der Waals surface area (Å²) in [5.41, 5.74) is 2.21. The Bertz CT molecular complexity index is 634. The van der Waals surface area contributed by atoms with Crippen LogP contribution in [0.5, 0.6) is 0 Å². The van der Waals surface area contributed by atoms with Gasteiger partial charge in [0, 0.05) is 12.6 Å². The molecule has 0 amide bonds. The second-order valence-electron chi connectivity index (χ2n) is 4.48. The molecule has 7 nitrogen and oxygen atoms in total. The van der Waals surface area contributed by atoms with Crippen LogP contribution in [0.15, 0.2) is 30.5 Å². The number of benzene rings is 1. The Kier molecular flexibility index (Phi) is 4.65. The number of nitrogens with zero attached hydrogens (tertiary/aromatic N) is 3. The summed E-state index contributed by atoms with van der Waals surface area (Å²) in [5, 5.41) is 16.5. The van der Waals surface area contributed by atoms with Crippen LogP contribution in [0.3, 0.4) is 0 Å². The molecule has 1 aromatic heterocycles. The largest absolute Gasteiger partial charge is 0.481 e. The first-order valence-corrected chi connectivity index (χ1v) is 6.36. The molecule has 0 aliphatic carbocycles. The Balaban J connectivity index is 1.98. The molecule has 0 bridgehead atoms. The lowest BCUT2D eigenvalue weighted by Gasteiger charge is -2.01. The quantitative estimate of drug-likeness (QED) is 0.801. The van der Waals surface area contributed by atoms with Crippen molar-refractivity contribution >= 4 is 11.9 Å². The van der Waals surface area contributed by atoms with E-state index >= 15 is 0 Å². The van der Waals surface area contributed by atoms with Crippen molar-refractivity contribution in [3.63, 3.8) is 0 Å². The molecule has 7 heteroatoms. The van der Waals surface area contributed by atoms with Crippen molar-refractivity contribution in [3.05, 3.63) is 47.3 Å². The molecule has 2 rings (SSSR count). The molecule has 0 fully saturated rings. The zero-order valence-electron chi connectivity index (χ0n) is 11.5. The van der Waals surface area contributed by atoms with E-state index in [-0.39, 0.29) is 12.4 Å². The molecule has 1 heterocycles. The van der Waals surface area contributed by atoms with Crippen LogP contribution in [0.4, 0.5) is 0 Å². The van der Waals surface area contributed by atoms with Crippen LogP contribution < -0.4 is 0 Å². The SMILES string of the molecule is COC(=O)c1ccc(Cc2cn(CCC(=O)O)nn2)cc1. The average Bonchev–Trinajstić information content (AvgIpc) is 2.92. The van der Waals surface area contributed by atoms with E-state index < -0.39 is 5.97 Å². The highest BCUT2D eigenvalue weighted by Gasteiger charge is 2.07. The van der Waals surface area contributed by atoms with Gasteiger partial charge in [-0.2, -0.15) is 0 Å². The highest BCUT2D eigenvalue weighted by Crippen LogP contribution is 2.10. The molecule has 1 N–H and O–H groups in total. The Labute approximate surface area is 121 Å². The monoisotopic (exact) mass is 289 g/mol. The zero-order valence-corrected chi connectivity index (χ0v) is 11.5. The van der Waals surface area contributed by atoms with E-state index in [1.807, 2.05) is 12.1 Å². The molecule has 0 saturated carbocycles. The van der Waals surface area contributed by atoms with Crippen molar-refractivity contribution in [3.8, 4) is 0 Å². The predicted molar refractivity (Wildman–Crippen MR) is 72.9 cm³/mol. The summed E-state index contributed by atoms with van der Waals surface area (Å²) in [7, 11) is 1.34. The third kappa shape index (κ3) is 4.13. The summed E-state index contributed by atoms with van der Waals surface area (Å²) in [4.78, 5) is 21.8. The highest BCUT2D eigenvalue weighted by molar-refractivity contribution is 5.89. The Hall–Kier alpha value is -2.70. The summed E-state index contributed by atoms with van der Waals surface area (Å²) in [5.74, 6) is -1.24. The highest BCUT2D eigenvalue weighted by atomic mass is 16.5. The van der Waals surface area contributed by atoms with Crippen molar-refractivity contribution < 1.29 is 19.4 Å². The van der Waals surface area contributed by atoms with Gasteiger partial charge in [0.2, 0.25) is 0 Å². The number of methoxy groups -OCH3 is 1. The van der Waals surface area contributed by atoms with Crippen LogP contribution in [-0.2, 0) is 22.5 Å². The van der Waals surface area contributed by atoms with Gasteiger partial charge in [0.05, 0.1) is 31.3 Å². The van der Waals surface area contributed by atoms with Gasteiger partial charge in [-0.1, -0.05) is 17.3 Å². The van der Waals surface area contributed by atoms with Crippen LogP contribution >= 0.6 is 0 Å². The lowest BCUT2D eigenvalue weighted by Crippen LogP contribution is -2.04. The van der Waals surface area contributed by atoms with E-state index in [0.29, 0.717) is 18.5 Å². The molecule has 2 aromatic rings. The number of aliphatic carboxylic acids is 1. The molecule has 110 valence electrons. The van der Waals surface area contributed by atoms with Gasteiger partial charge in [0.25, 0.3) is 0 Å². The Morgan fingerprint density at radius 3 is 2.62 bits per heavy atom. The van der Waals surface area contributed by atoms with E-state index in [4.69, 9.17) is 5.11 Å². The first-order valence-electron chi connectivity index (χ1n) is 6.36. The zero-order chi connectivity index (χ0) is 15.2. The summed E-state index contributed by atoms with van der Waals surface area (Å²) in [6.07, 6.45) is 2.29. The minimum Gasteiger partial charge on any atom is -0.481 e. The fraction of sp³-hybridized carbons (Fsp3) is 0.286. The maximum absolute atomic E-state index is 11.3. The van der Waals surface area contributed by atoms with Crippen molar-refractivity contribution in [2.45, 2.75) is 19.4 Å². The predicted octanol–water partition coefficient (Wildman–Crippen LogP) is 1.13. The molecular formula is C14H15N3O4. The third-order valence-electron chi connectivity index (χ3n) is 2.90. The van der Waals surface area contributed by atoms with Crippen LogP contribution in [0.1, 0.15) is 28.0 Å². The maximum atomic E-state index is 11.3. The van der Waals surface area contributed by atoms with Crippen LogP contribution in [-0.4, -0.2) is 39.1 Å². The minimum atomic E-state index is -0.870. The third-order valence-corrected chi connectivity index (χ3v) is 2.90. The fourth-order valence-electron chi connectivity index (χ4n) is 1.82. The van der Waals surface area contributed by atoms with Gasteiger partial charge in [-0.15, -0.1) is 5.10 Å². The maximum Gasteiger partial charge on any atom is 0.337 e. The number of esters is 1. The van der Waals surface area contributed by atoms with E-state index in [0.717, 1.165) is 11.3 Å². The van der Waals surface area contributed by atoms with E-state index in [1.165, 1.54) is 11.8 Å². The lowest BCUT2D eigenvalue weighted by atomic mass is 10.1. The summed E-state index contributed by atoms with van der Waals surface area (Å²) >= 11 is 0. The molecule has 0 spiro atoms. The first kappa shape index (κ1) is 14.7. The summed E-state index contributed by atoms with van der Waals surface area (Å²) in [6.45, 7) is 0.295. The van der Waals surface area contributed by atoms with Crippen molar-refractivity contribution in [2.24, 2.45) is 0 Å². The van der Waals surface area contributed by atoms with Gasteiger partial charge in [0.15, 0.2) is 0 Å². The van der Waals surface area contributed by atoms with Crippen molar-refractivity contribution in [1.82, 2.24) is 15.0 Å². The van der Waals surface area contributed by atoms with Crippen LogP contribution in [0, 0.1) is 0 Å². The van der Waals surface area contributed by atoms with Crippen molar-refractivity contribution in [1.29, 1.82) is 0 Å². The Morgan fingerprint density at radius 1 is 1.29 bits per heavy atom. The number of carboxylic acid groups (broad SMARTS) is 1. The fourth-order valence-corrected chi connectivity index (χ4v) is 1.82. The van der Waals surface area contributed by atoms with Gasteiger partial charge < -0.3 is 9.84 Å². The minimum absolute atomic E-state index is 0.0105. The second kappa shape index (κ2) is 6.65. The summed E-state index contributed by atoms with van der Waals surface area (Å²) in [6, 6.07) is 7.02. The topological polar surface area (TPSA) is 94.3 Å². The average molecular weight is 289 g/mol. The molecule has 21 heavy (non-hydrogen) atoms. The number of carboxylic acids is 1. The number of aryl methyl sites for hydroxylation is 1. The molecule has 0 aliphatic rings. The second-order valence-corrected chi connectivity index (χ2v) is 4.48. The number of carbonyl (C=O) groups is 2. The molecular weight excluding hydrogens is 274 g/mol. The van der Waals surface area contributed by atoms with E-state index in [1.54, 1.807) is 18.3 Å².